The highest BCUT2D eigenvalue weighted by molar-refractivity contribution is 5.70. The minimum atomic E-state index is -0.620. The summed E-state index contributed by atoms with van der Waals surface area (Å²) in [6, 6.07) is 2.14. The summed E-state index contributed by atoms with van der Waals surface area (Å²) in [5.41, 5.74) is 0. The quantitative estimate of drug-likeness (QED) is 0.717. The summed E-state index contributed by atoms with van der Waals surface area (Å²) in [6.07, 6.45) is 4.85. The zero-order chi connectivity index (χ0) is 20.6. The smallest absolute Gasteiger partial charge is 0.306 e. The number of aliphatic hydroxyl groups is 1. The van der Waals surface area contributed by atoms with E-state index in [1.54, 1.807) is 0 Å². The number of carboxylic acid groups (broad SMARTS) is 1. The molecule has 6 nitrogen and oxygen atoms in total. The lowest BCUT2D eigenvalue weighted by Crippen LogP contribution is -2.50. The van der Waals surface area contributed by atoms with Crippen molar-refractivity contribution in [1.29, 1.82) is 0 Å². The van der Waals surface area contributed by atoms with E-state index in [4.69, 9.17) is 0 Å². The molecule has 2 aliphatic heterocycles. The first-order valence-corrected chi connectivity index (χ1v) is 11.2. The largest absolute Gasteiger partial charge is 0.481 e. The summed E-state index contributed by atoms with van der Waals surface area (Å²) in [7, 11) is 4.27. The van der Waals surface area contributed by atoms with Gasteiger partial charge in [0.15, 0.2) is 0 Å². The molecule has 28 heavy (non-hydrogen) atoms. The van der Waals surface area contributed by atoms with Crippen LogP contribution in [0.4, 0.5) is 0 Å². The average molecular weight is 396 g/mol. The highest BCUT2D eigenvalue weighted by Gasteiger charge is 2.45. The van der Waals surface area contributed by atoms with E-state index in [0.29, 0.717) is 36.0 Å². The molecule has 2 N–H and O–H groups in total. The van der Waals surface area contributed by atoms with Gasteiger partial charge in [-0.2, -0.15) is 0 Å². The number of likely N-dealkylation sites (N-methyl/N-ethyl adjacent to an activating group) is 1. The Kier molecular flexibility index (Phi) is 7.06. The minimum absolute atomic E-state index is 0.183. The molecule has 0 radical (unpaired) electrons. The van der Waals surface area contributed by atoms with Crippen molar-refractivity contribution in [2.45, 2.75) is 83.1 Å². The van der Waals surface area contributed by atoms with Gasteiger partial charge >= 0.3 is 5.97 Å². The molecule has 0 bridgehead atoms. The predicted octanol–water partition coefficient (Wildman–Crippen LogP) is 1.97. The van der Waals surface area contributed by atoms with Gasteiger partial charge < -0.3 is 15.1 Å². The summed E-state index contributed by atoms with van der Waals surface area (Å²) in [4.78, 5) is 19.0. The van der Waals surface area contributed by atoms with E-state index in [-0.39, 0.29) is 18.6 Å². The van der Waals surface area contributed by atoms with E-state index in [1.165, 1.54) is 6.42 Å². The Morgan fingerprint density at radius 1 is 1.11 bits per heavy atom. The Balaban J connectivity index is 1.67. The van der Waals surface area contributed by atoms with Gasteiger partial charge in [0.1, 0.15) is 0 Å². The molecule has 1 aliphatic carbocycles. The van der Waals surface area contributed by atoms with E-state index in [1.807, 2.05) is 0 Å². The fourth-order valence-corrected chi connectivity index (χ4v) is 6.24. The van der Waals surface area contributed by atoms with Crippen LogP contribution in [0.25, 0.3) is 0 Å². The van der Waals surface area contributed by atoms with Gasteiger partial charge in [0.2, 0.25) is 0 Å². The zero-order valence-corrected chi connectivity index (χ0v) is 18.4. The first-order chi connectivity index (χ1) is 13.2. The van der Waals surface area contributed by atoms with Gasteiger partial charge in [0, 0.05) is 43.3 Å². The van der Waals surface area contributed by atoms with Crippen molar-refractivity contribution in [2.24, 2.45) is 17.8 Å². The molecule has 0 aromatic rings. The van der Waals surface area contributed by atoms with Gasteiger partial charge in [-0.1, -0.05) is 6.92 Å². The molecule has 3 fully saturated rings. The number of rotatable bonds is 6. The summed E-state index contributed by atoms with van der Waals surface area (Å²) in [6.45, 7) is 9.30. The summed E-state index contributed by atoms with van der Waals surface area (Å²) >= 11 is 0. The third-order valence-electron chi connectivity index (χ3n) is 8.11. The molecule has 6 heteroatoms. The first-order valence-electron chi connectivity index (χ1n) is 11.2. The van der Waals surface area contributed by atoms with Gasteiger partial charge in [0.25, 0.3) is 0 Å². The van der Waals surface area contributed by atoms with Crippen LogP contribution in [0.15, 0.2) is 0 Å². The normalized spacial score (nSPS) is 43.1. The van der Waals surface area contributed by atoms with E-state index in [9.17, 15) is 15.0 Å². The molecule has 3 rings (SSSR count). The summed E-state index contributed by atoms with van der Waals surface area (Å²) in [5.74, 6) is 0.347. The molecule has 8 atom stereocenters. The van der Waals surface area contributed by atoms with Crippen LogP contribution in [-0.4, -0.2) is 94.9 Å². The van der Waals surface area contributed by atoms with E-state index >= 15 is 0 Å². The third-order valence-corrected chi connectivity index (χ3v) is 8.11. The van der Waals surface area contributed by atoms with Crippen molar-refractivity contribution >= 4 is 5.97 Å². The minimum Gasteiger partial charge on any atom is -0.481 e. The van der Waals surface area contributed by atoms with E-state index in [0.717, 1.165) is 38.8 Å². The van der Waals surface area contributed by atoms with E-state index < -0.39 is 5.97 Å². The fraction of sp³-hybridized carbons (Fsp3) is 0.955. The van der Waals surface area contributed by atoms with Crippen LogP contribution in [0.5, 0.6) is 0 Å². The molecule has 162 valence electrons. The standard InChI is InChI=1S/C22H41N3O3/c1-14-6-7-17(22(27)28)9-21(14)25-15(2)8-18(16(25)3)11-24-12-19(23(4)5)10-20(24)13-26/h14-21,26H,6-13H2,1-5H3,(H,27,28)/t14?,15?,16?,17?,18?,19-,20+,21?/m1/s1. The van der Waals surface area contributed by atoms with Crippen LogP contribution < -0.4 is 0 Å². The number of hydrogen-bond acceptors (Lipinski definition) is 5. The lowest BCUT2D eigenvalue weighted by atomic mass is 9.78. The molecular formula is C22H41N3O3. The van der Waals surface area contributed by atoms with Crippen LogP contribution in [-0.2, 0) is 4.79 Å². The van der Waals surface area contributed by atoms with Crippen molar-refractivity contribution in [3.63, 3.8) is 0 Å². The maximum atomic E-state index is 11.6. The molecule has 2 saturated heterocycles. The molecule has 6 unspecified atom stereocenters. The van der Waals surface area contributed by atoms with Gasteiger partial charge in [-0.15, -0.1) is 0 Å². The Morgan fingerprint density at radius 2 is 1.82 bits per heavy atom. The number of aliphatic hydroxyl groups excluding tert-OH is 1. The van der Waals surface area contributed by atoms with Gasteiger partial charge in [-0.25, -0.2) is 0 Å². The summed E-state index contributed by atoms with van der Waals surface area (Å²) < 4.78 is 0. The van der Waals surface area contributed by atoms with Crippen LogP contribution >= 0.6 is 0 Å². The van der Waals surface area contributed by atoms with Crippen LogP contribution in [0, 0.1) is 17.8 Å². The monoisotopic (exact) mass is 395 g/mol. The third kappa shape index (κ3) is 4.40. The topological polar surface area (TPSA) is 67.2 Å². The Morgan fingerprint density at radius 3 is 2.43 bits per heavy atom. The van der Waals surface area contributed by atoms with Crippen LogP contribution in [0.3, 0.4) is 0 Å². The van der Waals surface area contributed by atoms with Crippen molar-refractivity contribution in [1.82, 2.24) is 14.7 Å². The van der Waals surface area contributed by atoms with Crippen molar-refractivity contribution in [3.8, 4) is 0 Å². The number of aliphatic carboxylic acids is 1. The van der Waals surface area contributed by atoms with Crippen LogP contribution in [0.1, 0.15) is 52.9 Å². The maximum Gasteiger partial charge on any atom is 0.306 e. The van der Waals surface area contributed by atoms with Gasteiger partial charge in [-0.3, -0.25) is 14.6 Å². The van der Waals surface area contributed by atoms with Crippen molar-refractivity contribution in [3.05, 3.63) is 0 Å². The molecule has 0 spiro atoms. The lowest BCUT2D eigenvalue weighted by Gasteiger charge is -2.43. The second kappa shape index (κ2) is 8.99. The number of hydrogen-bond donors (Lipinski definition) is 2. The first kappa shape index (κ1) is 22.0. The number of likely N-dealkylation sites (tertiary alicyclic amines) is 2. The predicted molar refractivity (Wildman–Crippen MR) is 111 cm³/mol. The number of nitrogens with zero attached hydrogens (tertiary/aromatic N) is 3. The Bertz CT molecular complexity index is 543. The molecule has 0 aromatic heterocycles. The molecule has 1 saturated carbocycles. The molecule has 3 aliphatic rings. The molecule has 0 amide bonds. The molecule has 2 heterocycles. The fourth-order valence-electron chi connectivity index (χ4n) is 6.24. The molecular weight excluding hydrogens is 354 g/mol. The lowest BCUT2D eigenvalue weighted by molar-refractivity contribution is -0.144. The Labute approximate surface area is 170 Å². The highest BCUT2D eigenvalue weighted by Crippen LogP contribution is 2.41. The van der Waals surface area contributed by atoms with Crippen LogP contribution in [0.2, 0.25) is 0 Å². The second-order valence-corrected chi connectivity index (χ2v) is 10.1. The Hall–Kier alpha value is -0.690. The second-order valence-electron chi connectivity index (χ2n) is 10.1. The van der Waals surface area contributed by atoms with Gasteiger partial charge in [-0.05, 0) is 71.9 Å². The summed E-state index contributed by atoms with van der Waals surface area (Å²) in [5, 5.41) is 19.4. The number of carboxylic acids is 1. The maximum absolute atomic E-state index is 11.6. The van der Waals surface area contributed by atoms with Crippen molar-refractivity contribution < 1.29 is 15.0 Å². The number of carbonyl (C=O) groups is 1. The van der Waals surface area contributed by atoms with Crippen molar-refractivity contribution in [2.75, 3.05) is 33.8 Å². The SMILES string of the molecule is CC1CCC(C(=O)O)CC1N1C(C)CC(CN2C[C@H](N(C)C)C[C@H]2CO)C1C. The molecule has 0 aromatic carbocycles. The zero-order valence-electron chi connectivity index (χ0n) is 18.4. The van der Waals surface area contributed by atoms with Gasteiger partial charge in [0.05, 0.1) is 12.5 Å². The van der Waals surface area contributed by atoms with E-state index in [2.05, 4.69) is 49.6 Å². The highest BCUT2D eigenvalue weighted by atomic mass is 16.4. The average Bonchev–Trinajstić information content (AvgIpc) is 3.17.